The molecule has 0 unspecified atom stereocenters. The van der Waals surface area contributed by atoms with Gasteiger partial charge in [-0.2, -0.15) is 0 Å². The summed E-state index contributed by atoms with van der Waals surface area (Å²) in [5.41, 5.74) is 1.05. The second-order valence-corrected chi connectivity index (χ2v) is 9.66. The Kier molecular flexibility index (Phi) is 9.73. The number of fused-ring (bicyclic) bond motifs is 1. The normalized spacial score (nSPS) is 29.5. The molecule has 1 fully saturated rings. The average Bonchev–Trinajstić information content (AvgIpc) is 3.17. The quantitative estimate of drug-likeness (QED) is 0.329. The number of nitrogens with zero attached hydrogens (tertiary/aromatic N) is 1. The van der Waals surface area contributed by atoms with Gasteiger partial charge < -0.3 is 15.1 Å². The summed E-state index contributed by atoms with van der Waals surface area (Å²) in [5.74, 6) is 1.40. The molecule has 3 nitrogen and oxygen atoms in total. The molecule has 162 valence electrons. The van der Waals surface area contributed by atoms with Crippen LogP contribution in [0, 0.1) is 17.8 Å². The molecule has 0 aromatic heterocycles. The van der Waals surface area contributed by atoms with Gasteiger partial charge in [-0.05, 0) is 83.8 Å². The van der Waals surface area contributed by atoms with Gasteiger partial charge in [-0.15, -0.1) is 0 Å². The fraction of sp³-hybridized carbons (Fsp3) is 0.840. The van der Waals surface area contributed by atoms with Crippen molar-refractivity contribution in [1.29, 1.82) is 0 Å². The highest BCUT2D eigenvalue weighted by Crippen LogP contribution is 2.48. The lowest BCUT2D eigenvalue weighted by Gasteiger charge is -2.26. The molecule has 0 aromatic carbocycles. The fourth-order valence-electron chi connectivity index (χ4n) is 5.12. The minimum atomic E-state index is -0.568. The van der Waals surface area contributed by atoms with Crippen molar-refractivity contribution < 1.29 is 10.2 Å². The molecular formula is C25H45NO2. The van der Waals surface area contributed by atoms with E-state index in [1.54, 1.807) is 5.57 Å². The molecule has 1 saturated carbocycles. The maximum Gasteiger partial charge on any atom is 0.0679 e. The van der Waals surface area contributed by atoms with Crippen molar-refractivity contribution in [3.8, 4) is 0 Å². The lowest BCUT2D eigenvalue weighted by Crippen LogP contribution is -2.27. The van der Waals surface area contributed by atoms with Crippen LogP contribution in [-0.4, -0.2) is 47.5 Å². The average molecular weight is 392 g/mol. The Labute approximate surface area is 173 Å². The van der Waals surface area contributed by atoms with E-state index >= 15 is 0 Å². The van der Waals surface area contributed by atoms with E-state index in [0.29, 0.717) is 11.8 Å². The number of aliphatic hydroxyl groups is 2. The molecule has 28 heavy (non-hydrogen) atoms. The van der Waals surface area contributed by atoms with Crippen LogP contribution in [0.1, 0.15) is 84.5 Å². The van der Waals surface area contributed by atoms with Crippen LogP contribution in [0.2, 0.25) is 0 Å². The monoisotopic (exact) mass is 391 g/mol. The zero-order valence-corrected chi connectivity index (χ0v) is 18.9. The molecule has 0 radical (unpaired) electrons. The van der Waals surface area contributed by atoms with E-state index in [0.717, 1.165) is 44.9 Å². The van der Waals surface area contributed by atoms with Crippen molar-refractivity contribution in [2.75, 3.05) is 20.6 Å². The standard InChI is InChI=1S/C25H45NO2/c1-5-7-14-25(28,6-2)15-11-13-22-23-18-20(17-21(23)19-24(22)27)12-9-8-10-16-26(3)4/h11,13,17,21-24,27-28H,5-10,12,14-16,18-19H2,1-4H3/b13-11+/t21-,22+,23-,24+,25+/m0/s1. The van der Waals surface area contributed by atoms with Gasteiger partial charge in [0.15, 0.2) is 0 Å². The predicted molar refractivity (Wildman–Crippen MR) is 119 cm³/mol. The van der Waals surface area contributed by atoms with E-state index in [1.807, 2.05) is 0 Å². The number of hydrogen-bond donors (Lipinski definition) is 2. The van der Waals surface area contributed by atoms with Gasteiger partial charge in [-0.1, -0.05) is 56.9 Å². The topological polar surface area (TPSA) is 43.7 Å². The van der Waals surface area contributed by atoms with Crippen LogP contribution in [0.25, 0.3) is 0 Å². The van der Waals surface area contributed by atoms with E-state index < -0.39 is 5.60 Å². The first-order valence-electron chi connectivity index (χ1n) is 11.8. The molecule has 0 bridgehead atoms. The van der Waals surface area contributed by atoms with E-state index in [1.165, 1.54) is 32.2 Å². The molecule has 2 aliphatic carbocycles. The first-order chi connectivity index (χ1) is 13.4. The van der Waals surface area contributed by atoms with Crippen LogP contribution in [0.15, 0.2) is 23.8 Å². The van der Waals surface area contributed by atoms with Crippen LogP contribution in [-0.2, 0) is 0 Å². The molecule has 2 rings (SSSR count). The van der Waals surface area contributed by atoms with Gasteiger partial charge in [-0.25, -0.2) is 0 Å². The summed E-state index contributed by atoms with van der Waals surface area (Å²) in [4.78, 5) is 2.26. The Hall–Kier alpha value is -0.640. The molecule has 0 amide bonds. The lowest BCUT2D eigenvalue weighted by atomic mass is 9.86. The van der Waals surface area contributed by atoms with E-state index in [2.05, 4.69) is 51.1 Å². The summed E-state index contributed by atoms with van der Waals surface area (Å²) >= 11 is 0. The van der Waals surface area contributed by atoms with Crippen molar-refractivity contribution in [3.63, 3.8) is 0 Å². The van der Waals surface area contributed by atoms with E-state index in [9.17, 15) is 10.2 Å². The molecule has 3 heteroatoms. The highest BCUT2D eigenvalue weighted by Gasteiger charge is 2.43. The zero-order chi connectivity index (χ0) is 20.6. The van der Waals surface area contributed by atoms with Crippen molar-refractivity contribution in [1.82, 2.24) is 4.90 Å². The molecule has 0 aliphatic heterocycles. The maximum absolute atomic E-state index is 10.8. The van der Waals surface area contributed by atoms with Gasteiger partial charge in [0.2, 0.25) is 0 Å². The van der Waals surface area contributed by atoms with Gasteiger partial charge in [0.25, 0.3) is 0 Å². The molecule has 2 N–H and O–H groups in total. The predicted octanol–water partition coefficient (Wildman–Crippen LogP) is 5.33. The second-order valence-electron chi connectivity index (χ2n) is 9.66. The summed E-state index contributed by atoms with van der Waals surface area (Å²) in [5, 5.41) is 21.3. The Balaban J connectivity index is 1.80. The number of aliphatic hydroxyl groups excluding tert-OH is 1. The van der Waals surface area contributed by atoms with Crippen LogP contribution in [0.5, 0.6) is 0 Å². The van der Waals surface area contributed by atoms with E-state index in [4.69, 9.17) is 0 Å². The lowest BCUT2D eigenvalue weighted by molar-refractivity contribution is 0.0280. The summed E-state index contributed by atoms with van der Waals surface area (Å²) in [6.07, 6.45) is 18.5. The number of unbranched alkanes of at least 4 members (excludes halogenated alkanes) is 3. The van der Waals surface area contributed by atoms with Crippen molar-refractivity contribution in [3.05, 3.63) is 23.8 Å². The summed E-state index contributed by atoms with van der Waals surface area (Å²) in [6, 6.07) is 0. The Bertz CT molecular complexity index is 513. The summed E-state index contributed by atoms with van der Waals surface area (Å²) < 4.78 is 0. The molecule has 5 atom stereocenters. The largest absolute Gasteiger partial charge is 0.392 e. The Morgan fingerprint density at radius 2 is 1.96 bits per heavy atom. The highest BCUT2D eigenvalue weighted by atomic mass is 16.3. The molecule has 0 aromatic rings. The van der Waals surface area contributed by atoms with E-state index in [-0.39, 0.29) is 12.0 Å². The number of rotatable bonds is 13. The van der Waals surface area contributed by atoms with Gasteiger partial charge in [0, 0.05) is 5.92 Å². The van der Waals surface area contributed by atoms with Crippen LogP contribution in [0.4, 0.5) is 0 Å². The third-order valence-electron chi connectivity index (χ3n) is 7.06. The van der Waals surface area contributed by atoms with Gasteiger partial charge in [0.05, 0.1) is 11.7 Å². The fourth-order valence-corrected chi connectivity index (χ4v) is 5.12. The molecule has 0 heterocycles. The highest BCUT2D eigenvalue weighted by molar-refractivity contribution is 5.20. The Morgan fingerprint density at radius 1 is 1.18 bits per heavy atom. The summed E-state index contributed by atoms with van der Waals surface area (Å²) in [7, 11) is 4.29. The minimum absolute atomic E-state index is 0.213. The second kappa shape index (κ2) is 11.5. The van der Waals surface area contributed by atoms with Crippen molar-refractivity contribution in [2.45, 2.75) is 96.2 Å². The van der Waals surface area contributed by atoms with Crippen LogP contribution in [0.3, 0.4) is 0 Å². The summed E-state index contributed by atoms with van der Waals surface area (Å²) in [6.45, 7) is 5.44. The SMILES string of the molecule is CCCC[C@](O)(CC)C/C=C/[C@@H]1[C@H]2CC(CCCCCN(C)C)=C[C@H]2C[C@H]1O. The Morgan fingerprint density at radius 3 is 2.64 bits per heavy atom. The third-order valence-corrected chi connectivity index (χ3v) is 7.06. The van der Waals surface area contributed by atoms with Crippen LogP contribution >= 0.6 is 0 Å². The third kappa shape index (κ3) is 7.00. The zero-order valence-electron chi connectivity index (χ0n) is 18.9. The van der Waals surface area contributed by atoms with Crippen molar-refractivity contribution in [2.24, 2.45) is 17.8 Å². The van der Waals surface area contributed by atoms with Crippen LogP contribution < -0.4 is 0 Å². The van der Waals surface area contributed by atoms with Crippen molar-refractivity contribution >= 4 is 0 Å². The molecule has 0 saturated heterocycles. The first kappa shape index (κ1) is 23.6. The number of hydrogen-bond acceptors (Lipinski definition) is 3. The van der Waals surface area contributed by atoms with Gasteiger partial charge in [-0.3, -0.25) is 0 Å². The smallest absolute Gasteiger partial charge is 0.0679 e. The van der Waals surface area contributed by atoms with Gasteiger partial charge >= 0.3 is 0 Å². The molecule has 0 spiro atoms. The minimum Gasteiger partial charge on any atom is -0.392 e. The molecule has 2 aliphatic rings. The molecular weight excluding hydrogens is 346 g/mol. The maximum atomic E-state index is 10.8. The van der Waals surface area contributed by atoms with Gasteiger partial charge in [0.1, 0.15) is 0 Å². The first-order valence-corrected chi connectivity index (χ1v) is 11.8. The number of allylic oxidation sites excluding steroid dienone is 2.